The minimum atomic E-state index is -0.591. The predicted molar refractivity (Wildman–Crippen MR) is 89.5 cm³/mol. The van der Waals surface area contributed by atoms with E-state index in [0.717, 1.165) is 25.7 Å². The largest absolute Gasteiger partial charge is 0.481 e. The van der Waals surface area contributed by atoms with E-state index in [1.165, 1.54) is 19.3 Å². The first kappa shape index (κ1) is 15.8. The van der Waals surface area contributed by atoms with E-state index in [2.05, 4.69) is 32.6 Å². The van der Waals surface area contributed by atoms with Crippen LogP contribution < -0.4 is 0 Å². The van der Waals surface area contributed by atoms with Crippen molar-refractivity contribution in [3.8, 4) is 0 Å². The van der Waals surface area contributed by atoms with Crippen molar-refractivity contribution < 1.29 is 9.90 Å². The Labute approximate surface area is 134 Å². The summed E-state index contributed by atoms with van der Waals surface area (Å²) in [5, 5.41) is 9.83. The highest BCUT2D eigenvalue weighted by molar-refractivity contribution is 5.75. The van der Waals surface area contributed by atoms with Gasteiger partial charge in [-0.1, -0.05) is 38.0 Å². The average Bonchev–Trinajstić information content (AvgIpc) is 2.46. The lowest BCUT2D eigenvalue weighted by atomic mass is 9.45. The first-order chi connectivity index (χ1) is 10.3. The van der Waals surface area contributed by atoms with Crippen LogP contribution in [0.4, 0.5) is 0 Å². The molecule has 2 fully saturated rings. The molecule has 0 radical (unpaired) electrons. The molecule has 0 aromatic heterocycles. The number of aliphatic carboxylic acids is 1. The molecule has 0 saturated heterocycles. The summed E-state index contributed by atoms with van der Waals surface area (Å²) < 4.78 is 0. The second-order valence-electron chi connectivity index (χ2n) is 8.78. The van der Waals surface area contributed by atoms with Crippen LogP contribution in [-0.2, 0) is 4.79 Å². The number of carbonyl (C=O) groups is 1. The highest BCUT2D eigenvalue weighted by Crippen LogP contribution is 2.63. The van der Waals surface area contributed by atoms with Gasteiger partial charge in [-0.05, 0) is 68.1 Å². The molecule has 0 unspecified atom stereocenters. The van der Waals surface area contributed by atoms with Gasteiger partial charge in [-0.25, -0.2) is 0 Å². The molecular weight excluding hydrogens is 272 g/mol. The van der Waals surface area contributed by atoms with Gasteiger partial charge in [0.05, 0.1) is 5.41 Å². The molecule has 5 atom stereocenters. The van der Waals surface area contributed by atoms with E-state index < -0.39 is 11.4 Å². The highest BCUT2D eigenvalue weighted by atomic mass is 16.4. The number of carboxylic acids is 1. The maximum absolute atomic E-state index is 11.9. The van der Waals surface area contributed by atoms with Gasteiger partial charge < -0.3 is 5.11 Å². The average molecular weight is 302 g/mol. The standard InChI is InChI=1S/C20H30O2/c1-5-18(2)12-9-15-14(13-18)7-8-16-19(15,3)10-6-11-20(16,4)17(21)22/h5,7,15-16H,1,6,8-13H2,2-4H3,(H,21,22)/t15-,16-,18-,19-,20+/m1/s1. The summed E-state index contributed by atoms with van der Waals surface area (Å²) in [5.41, 5.74) is 1.43. The topological polar surface area (TPSA) is 37.3 Å². The summed E-state index contributed by atoms with van der Waals surface area (Å²) in [7, 11) is 0. The van der Waals surface area contributed by atoms with Crippen molar-refractivity contribution in [1.82, 2.24) is 0 Å². The summed E-state index contributed by atoms with van der Waals surface area (Å²) in [4.78, 5) is 11.9. The lowest BCUT2D eigenvalue weighted by Crippen LogP contribution is -2.53. The molecule has 0 bridgehead atoms. The number of hydrogen-bond donors (Lipinski definition) is 1. The van der Waals surface area contributed by atoms with Gasteiger partial charge >= 0.3 is 5.97 Å². The summed E-state index contributed by atoms with van der Waals surface area (Å²) in [6, 6.07) is 0. The molecule has 2 nitrogen and oxygen atoms in total. The van der Waals surface area contributed by atoms with Gasteiger partial charge in [0.25, 0.3) is 0 Å². The first-order valence-corrected chi connectivity index (χ1v) is 8.81. The molecule has 3 aliphatic rings. The lowest BCUT2D eigenvalue weighted by molar-refractivity contribution is -0.163. The molecule has 0 aliphatic heterocycles. The van der Waals surface area contributed by atoms with E-state index in [0.29, 0.717) is 5.92 Å². The second-order valence-corrected chi connectivity index (χ2v) is 8.78. The van der Waals surface area contributed by atoms with Crippen LogP contribution in [0.15, 0.2) is 24.3 Å². The first-order valence-electron chi connectivity index (χ1n) is 8.81. The van der Waals surface area contributed by atoms with Crippen molar-refractivity contribution in [1.29, 1.82) is 0 Å². The van der Waals surface area contributed by atoms with Crippen LogP contribution >= 0.6 is 0 Å². The van der Waals surface area contributed by atoms with Crippen LogP contribution in [0.3, 0.4) is 0 Å². The fraction of sp³-hybridized carbons (Fsp3) is 0.750. The second kappa shape index (κ2) is 4.97. The Morgan fingerprint density at radius 1 is 1.32 bits per heavy atom. The molecule has 3 rings (SSSR count). The monoisotopic (exact) mass is 302 g/mol. The molecule has 3 aliphatic carbocycles. The van der Waals surface area contributed by atoms with Gasteiger partial charge in [-0.2, -0.15) is 0 Å². The summed E-state index contributed by atoms with van der Waals surface area (Å²) in [5.74, 6) is 0.276. The van der Waals surface area contributed by atoms with Gasteiger partial charge in [0, 0.05) is 0 Å². The molecule has 0 aromatic rings. The molecule has 0 amide bonds. The number of hydrogen-bond acceptors (Lipinski definition) is 1. The lowest BCUT2D eigenvalue weighted by Gasteiger charge is -2.58. The SMILES string of the molecule is C=C[C@]1(C)CC[C@@H]2C(=CC[C@@H]3[C@]2(C)CCC[C@]3(C)C(=O)O)C1. The molecule has 0 aromatic carbocycles. The van der Waals surface area contributed by atoms with Crippen molar-refractivity contribution in [2.75, 3.05) is 0 Å². The number of allylic oxidation sites excluding steroid dienone is 3. The number of carboxylic acid groups (broad SMARTS) is 1. The maximum Gasteiger partial charge on any atom is 0.309 e. The molecule has 2 heteroatoms. The van der Waals surface area contributed by atoms with E-state index in [1.54, 1.807) is 5.57 Å². The van der Waals surface area contributed by atoms with E-state index >= 15 is 0 Å². The Kier molecular flexibility index (Phi) is 3.58. The van der Waals surface area contributed by atoms with Crippen molar-refractivity contribution in [3.63, 3.8) is 0 Å². The van der Waals surface area contributed by atoms with Crippen LogP contribution in [0.25, 0.3) is 0 Å². The van der Waals surface area contributed by atoms with Crippen molar-refractivity contribution in [2.45, 2.75) is 65.7 Å². The van der Waals surface area contributed by atoms with Crippen molar-refractivity contribution >= 4 is 5.97 Å². The van der Waals surface area contributed by atoms with Crippen molar-refractivity contribution in [3.05, 3.63) is 24.3 Å². The van der Waals surface area contributed by atoms with Crippen LogP contribution in [0.1, 0.15) is 65.7 Å². The van der Waals surface area contributed by atoms with Crippen LogP contribution in [-0.4, -0.2) is 11.1 Å². The Morgan fingerprint density at radius 3 is 2.68 bits per heavy atom. The van der Waals surface area contributed by atoms with E-state index in [4.69, 9.17) is 0 Å². The molecule has 2 saturated carbocycles. The summed E-state index contributed by atoms with van der Waals surface area (Å²) >= 11 is 0. The Morgan fingerprint density at radius 2 is 2.05 bits per heavy atom. The molecule has 0 heterocycles. The summed E-state index contributed by atoms with van der Waals surface area (Å²) in [6.07, 6.45) is 12.0. The molecule has 0 spiro atoms. The third-order valence-electron chi connectivity index (χ3n) is 7.43. The van der Waals surface area contributed by atoms with Gasteiger partial charge in [0.1, 0.15) is 0 Å². The number of fused-ring (bicyclic) bond motifs is 3. The fourth-order valence-corrected chi connectivity index (χ4v) is 5.86. The zero-order valence-corrected chi connectivity index (χ0v) is 14.3. The summed E-state index contributed by atoms with van der Waals surface area (Å²) in [6.45, 7) is 10.7. The van der Waals surface area contributed by atoms with E-state index in [9.17, 15) is 9.90 Å². The van der Waals surface area contributed by atoms with Gasteiger partial charge in [-0.3, -0.25) is 4.79 Å². The fourth-order valence-electron chi connectivity index (χ4n) is 5.86. The zero-order valence-electron chi connectivity index (χ0n) is 14.3. The van der Waals surface area contributed by atoms with Gasteiger partial charge in [0.15, 0.2) is 0 Å². The Bertz CT molecular complexity index is 534. The smallest absolute Gasteiger partial charge is 0.309 e. The molecule has 122 valence electrons. The van der Waals surface area contributed by atoms with E-state index in [1.807, 2.05) is 6.92 Å². The predicted octanol–water partition coefficient (Wildman–Crippen LogP) is 5.21. The highest BCUT2D eigenvalue weighted by Gasteiger charge is 2.58. The maximum atomic E-state index is 11.9. The third-order valence-corrected chi connectivity index (χ3v) is 7.43. The van der Waals surface area contributed by atoms with E-state index in [-0.39, 0.29) is 16.7 Å². The van der Waals surface area contributed by atoms with Gasteiger partial charge in [-0.15, -0.1) is 6.58 Å². The zero-order chi connectivity index (χ0) is 16.2. The van der Waals surface area contributed by atoms with Crippen LogP contribution in [0, 0.1) is 28.1 Å². The molecule has 1 N–H and O–H groups in total. The molecule has 22 heavy (non-hydrogen) atoms. The molecular formula is C20H30O2. The third kappa shape index (κ3) is 2.10. The van der Waals surface area contributed by atoms with Crippen LogP contribution in [0.2, 0.25) is 0 Å². The van der Waals surface area contributed by atoms with Gasteiger partial charge in [0.2, 0.25) is 0 Å². The van der Waals surface area contributed by atoms with Crippen LogP contribution in [0.5, 0.6) is 0 Å². The Hall–Kier alpha value is -1.05. The quantitative estimate of drug-likeness (QED) is 0.711. The minimum Gasteiger partial charge on any atom is -0.481 e. The number of rotatable bonds is 2. The Balaban J connectivity index is 1.98. The normalized spacial score (nSPS) is 47.9. The minimum absolute atomic E-state index is 0.165. The van der Waals surface area contributed by atoms with Crippen molar-refractivity contribution in [2.24, 2.45) is 28.1 Å².